The van der Waals surface area contributed by atoms with Crippen molar-refractivity contribution in [1.82, 2.24) is 9.62 Å². The summed E-state index contributed by atoms with van der Waals surface area (Å²) in [5.41, 5.74) is -1.99. The summed E-state index contributed by atoms with van der Waals surface area (Å²) >= 11 is 0. The summed E-state index contributed by atoms with van der Waals surface area (Å²) < 4.78 is 52.5. The third-order valence-electron chi connectivity index (χ3n) is 4.79. The summed E-state index contributed by atoms with van der Waals surface area (Å²) in [6.45, 7) is 7.80. The Kier molecular flexibility index (Phi) is 8.04. The topological polar surface area (TPSA) is 97.3 Å². The van der Waals surface area contributed by atoms with Crippen molar-refractivity contribution < 1.29 is 27.1 Å². The molecule has 0 aromatic heterocycles. The van der Waals surface area contributed by atoms with E-state index < -0.39 is 38.8 Å². The Hall–Kier alpha value is -2.20. The summed E-state index contributed by atoms with van der Waals surface area (Å²) in [5, 5.41) is 3.01. The highest BCUT2D eigenvalue weighted by Crippen LogP contribution is 2.33. The highest BCUT2D eigenvalue weighted by molar-refractivity contribution is 7.89. The molecule has 0 radical (unpaired) electrons. The van der Waals surface area contributed by atoms with E-state index >= 15 is 0 Å². The van der Waals surface area contributed by atoms with Crippen LogP contribution in [-0.2, 0) is 25.0 Å². The van der Waals surface area contributed by atoms with Crippen LogP contribution in [0.5, 0.6) is 0 Å². The lowest BCUT2D eigenvalue weighted by molar-refractivity contribution is 0.0601. The fourth-order valence-electron chi connectivity index (χ4n) is 3.20. The van der Waals surface area contributed by atoms with Crippen LogP contribution in [-0.4, -0.2) is 56.4 Å². The molecule has 2 rings (SSSR count). The van der Waals surface area contributed by atoms with E-state index in [1.54, 1.807) is 26.8 Å². The maximum absolute atomic E-state index is 14.8. The van der Waals surface area contributed by atoms with E-state index in [0.717, 1.165) is 17.1 Å². The lowest BCUT2D eigenvalue weighted by Crippen LogP contribution is -2.63. The van der Waals surface area contributed by atoms with E-state index in [0.29, 0.717) is 6.61 Å². The van der Waals surface area contributed by atoms with Gasteiger partial charge < -0.3 is 14.8 Å². The second-order valence-corrected chi connectivity index (χ2v) is 10.5. The Morgan fingerprint density at radius 1 is 1.29 bits per heavy atom. The molecule has 1 aliphatic rings. The van der Waals surface area contributed by atoms with Crippen LogP contribution in [0.3, 0.4) is 0 Å². The van der Waals surface area contributed by atoms with Gasteiger partial charge in [0.25, 0.3) is 0 Å². The molecule has 0 bridgehead atoms. The van der Waals surface area contributed by atoms with E-state index in [1.165, 1.54) is 25.2 Å². The van der Waals surface area contributed by atoms with Crippen LogP contribution in [0.15, 0.2) is 29.3 Å². The van der Waals surface area contributed by atoms with Gasteiger partial charge >= 0.3 is 6.09 Å². The number of hydrogen-bond acceptors (Lipinski definition) is 5. The smallest absolute Gasteiger partial charge is 0.437 e. The molecule has 174 valence electrons. The van der Waals surface area contributed by atoms with Crippen LogP contribution >= 0.6 is 0 Å². The van der Waals surface area contributed by atoms with E-state index in [9.17, 15) is 17.6 Å². The molecule has 1 fully saturated rings. The molecule has 1 aromatic rings. The second-order valence-electron chi connectivity index (χ2n) is 8.54. The van der Waals surface area contributed by atoms with Crippen molar-refractivity contribution in [1.29, 1.82) is 0 Å². The molecule has 1 atom stereocenters. The zero-order valence-electron chi connectivity index (χ0n) is 18.8. The molecule has 10 heteroatoms. The fourth-order valence-corrected chi connectivity index (χ4v) is 4.74. The standard InChI is InChI=1S/C21H32FN3O5S/c1-6-7-13-29-14-12-21(16-10-8-9-11-17(16)22)15-31(27,28)25(5)18(24-21)23-19(26)30-20(2,3)4/h8-11H,6-7,12-15H2,1-5H3,(H,23,24,26). The van der Waals surface area contributed by atoms with Gasteiger partial charge in [0.05, 0.1) is 11.3 Å². The van der Waals surface area contributed by atoms with Gasteiger partial charge in [0.1, 0.15) is 11.4 Å². The lowest BCUT2D eigenvalue weighted by Gasteiger charge is -2.43. The van der Waals surface area contributed by atoms with Crippen LogP contribution in [0.25, 0.3) is 0 Å². The molecular formula is C21H32FN3O5S. The lowest BCUT2D eigenvalue weighted by atomic mass is 9.88. The molecule has 0 spiro atoms. The first kappa shape index (κ1) is 25.1. The summed E-state index contributed by atoms with van der Waals surface area (Å²) in [7, 11) is -2.62. The van der Waals surface area contributed by atoms with Gasteiger partial charge in [0, 0.05) is 25.8 Å². The number of unbranched alkanes of at least 4 members (excludes halogenated alkanes) is 1. The van der Waals surface area contributed by atoms with Crippen molar-refractivity contribution in [2.45, 2.75) is 58.1 Å². The number of nitrogens with zero attached hydrogens (tertiary/aromatic N) is 2. The highest BCUT2D eigenvalue weighted by Gasteiger charge is 2.47. The number of aliphatic imine (C=N–C) groups is 1. The number of rotatable bonds is 7. The van der Waals surface area contributed by atoms with E-state index in [4.69, 9.17) is 9.47 Å². The van der Waals surface area contributed by atoms with Crippen LogP contribution < -0.4 is 5.32 Å². The summed E-state index contributed by atoms with van der Waals surface area (Å²) in [6.07, 6.45) is 1.05. The molecule has 8 nitrogen and oxygen atoms in total. The number of hydrogen-bond donors (Lipinski definition) is 1. The molecule has 1 saturated heterocycles. The van der Waals surface area contributed by atoms with Crippen LogP contribution in [0.2, 0.25) is 0 Å². The van der Waals surface area contributed by atoms with E-state index in [2.05, 4.69) is 10.3 Å². The van der Waals surface area contributed by atoms with Gasteiger partial charge in [-0.05, 0) is 39.7 Å². The predicted molar refractivity (Wildman–Crippen MR) is 117 cm³/mol. The third-order valence-corrected chi connectivity index (χ3v) is 6.66. The number of ether oxygens (including phenoxy) is 2. The Morgan fingerprint density at radius 3 is 2.58 bits per heavy atom. The number of nitrogens with one attached hydrogen (secondary N) is 1. The Labute approximate surface area is 183 Å². The zero-order valence-corrected chi connectivity index (χ0v) is 19.6. The Bertz CT molecular complexity index is 914. The zero-order chi connectivity index (χ0) is 23.3. The van der Waals surface area contributed by atoms with Crippen molar-refractivity contribution in [3.8, 4) is 0 Å². The van der Waals surface area contributed by atoms with Crippen molar-refractivity contribution >= 4 is 22.1 Å². The van der Waals surface area contributed by atoms with Crippen molar-refractivity contribution in [2.75, 3.05) is 26.0 Å². The van der Waals surface area contributed by atoms with Gasteiger partial charge in [-0.1, -0.05) is 31.5 Å². The number of benzene rings is 1. The minimum atomic E-state index is -3.91. The number of amides is 1. The minimum absolute atomic E-state index is 0.165. The average molecular weight is 458 g/mol. The number of carbonyl (C=O) groups is 1. The van der Waals surface area contributed by atoms with Gasteiger partial charge in [-0.3, -0.25) is 0 Å². The third kappa shape index (κ3) is 6.64. The quantitative estimate of drug-likeness (QED) is 0.631. The van der Waals surface area contributed by atoms with E-state index in [1.807, 2.05) is 6.92 Å². The van der Waals surface area contributed by atoms with Crippen molar-refractivity contribution in [3.63, 3.8) is 0 Å². The minimum Gasteiger partial charge on any atom is -0.442 e. The largest absolute Gasteiger partial charge is 0.442 e. The number of sulfonamides is 1. The number of carbonyl (C=O) groups excluding carboxylic acids is 1. The molecule has 1 unspecified atom stereocenters. The first-order valence-electron chi connectivity index (χ1n) is 10.3. The molecule has 1 amide bonds. The van der Waals surface area contributed by atoms with Gasteiger partial charge in [-0.25, -0.2) is 21.9 Å². The molecule has 0 saturated carbocycles. The molecule has 1 aliphatic heterocycles. The molecule has 1 N–H and O–H groups in total. The van der Waals surface area contributed by atoms with Gasteiger partial charge in [0.2, 0.25) is 16.0 Å². The maximum atomic E-state index is 14.8. The normalized spacial score (nSPS) is 22.3. The molecule has 1 heterocycles. The highest BCUT2D eigenvalue weighted by atomic mass is 32.2. The van der Waals surface area contributed by atoms with Gasteiger partial charge in [-0.2, -0.15) is 0 Å². The molecule has 31 heavy (non-hydrogen) atoms. The summed E-state index contributed by atoms with van der Waals surface area (Å²) in [5.74, 6) is -1.20. The van der Waals surface area contributed by atoms with Crippen LogP contribution in [0.4, 0.5) is 9.18 Å². The van der Waals surface area contributed by atoms with Crippen LogP contribution in [0, 0.1) is 5.82 Å². The van der Waals surface area contributed by atoms with Crippen LogP contribution in [0.1, 0.15) is 52.5 Å². The first-order chi connectivity index (χ1) is 14.4. The predicted octanol–water partition coefficient (Wildman–Crippen LogP) is 3.38. The summed E-state index contributed by atoms with van der Waals surface area (Å²) in [6, 6.07) is 5.96. The first-order valence-corrected chi connectivity index (χ1v) is 11.9. The Morgan fingerprint density at radius 2 is 1.97 bits per heavy atom. The second kappa shape index (κ2) is 9.95. The number of halogens is 1. The molecular weight excluding hydrogens is 425 g/mol. The average Bonchev–Trinajstić information content (AvgIpc) is 2.64. The monoisotopic (exact) mass is 457 g/mol. The van der Waals surface area contributed by atoms with Crippen molar-refractivity contribution in [3.05, 3.63) is 35.6 Å². The molecule has 1 aromatic carbocycles. The van der Waals surface area contributed by atoms with Gasteiger partial charge in [-0.15, -0.1) is 4.99 Å². The van der Waals surface area contributed by atoms with Crippen molar-refractivity contribution in [2.24, 2.45) is 4.99 Å². The maximum Gasteiger partial charge on any atom is 0.437 e. The fraction of sp³-hybridized carbons (Fsp3) is 0.619. The Balaban J connectivity index is 2.45. The summed E-state index contributed by atoms with van der Waals surface area (Å²) in [4.78, 5) is 16.1. The van der Waals surface area contributed by atoms with Gasteiger partial charge in [0.15, 0.2) is 0 Å². The number of guanidine groups is 1. The van der Waals surface area contributed by atoms with E-state index in [-0.39, 0.29) is 24.6 Å². The SMILES string of the molecule is CCCCOCCC1(c2ccccc2F)CS(=O)(=O)N(C)/C(=N\C(=O)OC(C)(C)C)N1. The molecule has 0 aliphatic carbocycles.